The fourth-order valence-corrected chi connectivity index (χ4v) is 2.60. The molecule has 110 valence electrons. The molecule has 0 bridgehead atoms. The molecular weight excluding hydrogens is 278 g/mol. The molecule has 4 nitrogen and oxygen atoms in total. The Hall–Kier alpha value is -1.26. The molecule has 1 aromatic carbocycles. The average Bonchev–Trinajstić information content (AvgIpc) is 2.72. The molecule has 20 heavy (non-hydrogen) atoms. The molecule has 0 saturated carbocycles. The van der Waals surface area contributed by atoms with Crippen molar-refractivity contribution in [2.45, 2.75) is 38.9 Å². The quantitative estimate of drug-likeness (QED) is 0.932. The molecule has 2 unspecified atom stereocenters. The van der Waals surface area contributed by atoms with Gasteiger partial charge >= 0.3 is 0 Å². The Morgan fingerprint density at radius 2 is 2.25 bits per heavy atom. The SMILES string of the molecule is Cc1cc(Cl)ccc1OC(C)C(=O)N1CCC(C)(O)C1. The van der Waals surface area contributed by atoms with Gasteiger partial charge in [0.1, 0.15) is 5.75 Å². The van der Waals surface area contributed by atoms with Crippen LogP contribution >= 0.6 is 11.6 Å². The Kier molecular flexibility index (Phi) is 4.25. The predicted molar refractivity (Wildman–Crippen MR) is 78.1 cm³/mol. The molecule has 0 radical (unpaired) electrons. The summed E-state index contributed by atoms with van der Waals surface area (Å²) >= 11 is 5.89. The van der Waals surface area contributed by atoms with Crippen LogP contribution in [0.5, 0.6) is 5.75 Å². The largest absolute Gasteiger partial charge is 0.481 e. The van der Waals surface area contributed by atoms with Gasteiger partial charge in [-0.3, -0.25) is 4.79 Å². The van der Waals surface area contributed by atoms with E-state index in [4.69, 9.17) is 16.3 Å². The van der Waals surface area contributed by atoms with Crippen LogP contribution in [-0.4, -0.2) is 40.7 Å². The summed E-state index contributed by atoms with van der Waals surface area (Å²) < 4.78 is 5.71. The molecule has 1 N–H and O–H groups in total. The maximum Gasteiger partial charge on any atom is 0.263 e. The highest BCUT2D eigenvalue weighted by molar-refractivity contribution is 6.30. The van der Waals surface area contributed by atoms with Gasteiger partial charge in [-0.15, -0.1) is 0 Å². The van der Waals surface area contributed by atoms with Crippen LogP contribution < -0.4 is 4.74 Å². The van der Waals surface area contributed by atoms with E-state index < -0.39 is 11.7 Å². The summed E-state index contributed by atoms with van der Waals surface area (Å²) in [6.07, 6.45) is 0.0228. The lowest BCUT2D eigenvalue weighted by Gasteiger charge is -2.23. The van der Waals surface area contributed by atoms with Crippen molar-refractivity contribution in [2.75, 3.05) is 13.1 Å². The second-order valence-electron chi connectivity index (χ2n) is 5.68. The Bertz CT molecular complexity index is 516. The third kappa shape index (κ3) is 3.44. The van der Waals surface area contributed by atoms with Crippen LogP contribution in [0.2, 0.25) is 5.02 Å². The fourth-order valence-electron chi connectivity index (χ4n) is 2.38. The molecular formula is C15H20ClNO3. The van der Waals surface area contributed by atoms with Crippen molar-refractivity contribution >= 4 is 17.5 Å². The second kappa shape index (κ2) is 5.62. The van der Waals surface area contributed by atoms with E-state index in [1.165, 1.54) is 0 Å². The van der Waals surface area contributed by atoms with Gasteiger partial charge in [-0.1, -0.05) is 11.6 Å². The fraction of sp³-hybridized carbons (Fsp3) is 0.533. The molecule has 1 amide bonds. The first-order chi connectivity index (χ1) is 9.28. The average molecular weight is 298 g/mol. The van der Waals surface area contributed by atoms with Gasteiger partial charge in [0.2, 0.25) is 0 Å². The minimum atomic E-state index is -0.786. The van der Waals surface area contributed by atoms with E-state index in [0.29, 0.717) is 30.3 Å². The first-order valence-corrected chi connectivity index (χ1v) is 7.10. The third-order valence-electron chi connectivity index (χ3n) is 3.55. The highest BCUT2D eigenvalue weighted by atomic mass is 35.5. The molecule has 1 aromatic rings. The van der Waals surface area contributed by atoms with Crippen molar-refractivity contribution in [1.29, 1.82) is 0 Å². The standard InChI is InChI=1S/C15H20ClNO3/c1-10-8-12(16)4-5-13(10)20-11(2)14(18)17-7-6-15(3,19)9-17/h4-5,8,11,19H,6-7,9H2,1-3H3. The number of nitrogens with zero attached hydrogens (tertiary/aromatic N) is 1. The summed E-state index contributed by atoms with van der Waals surface area (Å²) in [4.78, 5) is 13.9. The second-order valence-corrected chi connectivity index (χ2v) is 6.11. The molecule has 1 saturated heterocycles. The summed E-state index contributed by atoms with van der Waals surface area (Å²) in [5, 5.41) is 10.6. The summed E-state index contributed by atoms with van der Waals surface area (Å²) in [5.41, 5.74) is 0.108. The van der Waals surface area contributed by atoms with Crippen LogP contribution in [0.25, 0.3) is 0 Å². The molecule has 2 rings (SSSR count). The zero-order valence-electron chi connectivity index (χ0n) is 12.0. The van der Waals surface area contributed by atoms with Crippen LogP contribution in [0.4, 0.5) is 0 Å². The third-order valence-corrected chi connectivity index (χ3v) is 3.79. The number of halogens is 1. The lowest BCUT2D eigenvalue weighted by Crippen LogP contribution is -2.41. The van der Waals surface area contributed by atoms with Gasteiger partial charge < -0.3 is 14.7 Å². The number of carbonyl (C=O) groups is 1. The van der Waals surface area contributed by atoms with Crippen molar-refractivity contribution in [3.63, 3.8) is 0 Å². The van der Waals surface area contributed by atoms with Gasteiger partial charge in [0.25, 0.3) is 5.91 Å². The minimum absolute atomic E-state index is 0.0999. The van der Waals surface area contributed by atoms with Crippen LogP contribution in [-0.2, 0) is 4.79 Å². The van der Waals surface area contributed by atoms with Gasteiger partial charge in [-0.2, -0.15) is 0 Å². The van der Waals surface area contributed by atoms with Crippen molar-refractivity contribution in [3.05, 3.63) is 28.8 Å². The molecule has 2 atom stereocenters. The van der Waals surface area contributed by atoms with E-state index in [0.717, 1.165) is 5.56 Å². The first-order valence-electron chi connectivity index (χ1n) is 6.72. The van der Waals surface area contributed by atoms with E-state index in [1.54, 1.807) is 36.9 Å². The van der Waals surface area contributed by atoms with Crippen molar-refractivity contribution in [3.8, 4) is 5.75 Å². The molecule has 1 aliphatic heterocycles. The highest BCUT2D eigenvalue weighted by Gasteiger charge is 2.36. The molecule has 0 aliphatic carbocycles. The molecule has 0 aromatic heterocycles. The molecule has 1 heterocycles. The van der Waals surface area contributed by atoms with E-state index in [2.05, 4.69) is 0 Å². The molecule has 5 heteroatoms. The van der Waals surface area contributed by atoms with Gasteiger partial charge in [0, 0.05) is 18.1 Å². The maximum atomic E-state index is 12.3. The lowest BCUT2D eigenvalue weighted by atomic mass is 10.1. The summed E-state index contributed by atoms with van der Waals surface area (Å²) in [6.45, 7) is 6.29. The monoisotopic (exact) mass is 297 g/mol. The van der Waals surface area contributed by atoms with E-state index in [1.807, 2.05) is 6.92 Å². The number of amides is 1. The van der Waals surface area contributed by atoms with Crippen molar-refractivity contribution in [2.24, 2.45) is 0 Å². The van der Waals surface area contributed by atoms with E-state index >= 15 is 0 Å². The number of ether oxygens (including phenoxy) is 1. The zero-order chi connectivity index (χ0) is 14.9. The summed E-state index contributed by atoms with van der Waals surface area (Å²) in [5.74, 6) is 0.554. The van der Waals surface area contributed by atoms with Crippen LogP contribution in [0.1, 0.15) is 25.8 Å². The highest BCUT2D eigenvalue weighted by Crippen LogP contribution is 2.25. The van der Waals surface area contributed by atoms with Crippen molar-refractivity contribution < 1.29 is 14.6 Å². The number of rotatable bonds is 3. The topological polar surface area (TPSA) is 49.8 Å². The van der Waals surface area contributed by atoms with Gasteiger partial charge in [0.15, 0.2) is 6.10 Å². The van der Waals surface area contributed by atoms with Gasteiger partial charge in [0.05, 0.1) is 5.60 Å². The van der Waals surface area contributed by atoms with E-state index in [9.17, 15) is 9.90 Å². The number of likely N-dealkylation sites (tertiary alicyclic amines) is 1. The normalized spacial score (nSPS) is 23.8. The molecule has 0 spiro atoms. The van der Waals surface area contributed by atoms with E-state index in [-0.39, 0.29) is 5.91 Å². The Morgan fingerprint density at radius 3 is 2.80 bits per heavy atom. The van der Waals surface area contributed by atoms with Crippen molar-refractivity contribution in [1.82, 2.24) is 4.90 Å². The first kappa shape index (κ1) is 15.1. The Morgan fingerprint density at radius 1 is 1.55 bits per heavy atom. The Balaban J connectivity index is 2.01. The van der Waals surface area contributed by atoms with Crippen LogP contribution in [0.15, 0.2) is 18.2 Å². The maximum absolute atomic E-state index is 12.3. The summed E-state index contributed by atoms with van der Waals surface area (Å²) in [6, 6.07) is 5.30. The number of hydrogen-bond donors (Lipinski definition) is 1. The van der Waals surface area contributed by atoms with Gasteiger partial charge in [-0.25, -0.2) is 0 Å². The molecule has 1 aliphatic rings. The summed E-state index contributed by atoms with van der Waals surface area (Å²) in [7, 11) is 0. The Labute approximate surface area is 124 Å². The predicted octanol–water partition coefficient (Wildman–Crippen LogP) is 2.40. The molecule has 1 fully saturated rings. The van der Waals surface area contributed by atoms with Crippen LogP contribution in [0, 0.1) is 6.92 Å². The number of aryl methyl sites for hydroxylation is 1. The zero-order valence-corrected chi connectivity index (χ0v) is 12.8. The number of carbonyl (C=O) groups excluding carboxylic acids is 1. The number of hydrogen-bond acceptors (Lipinski definition) is 3. The number of aliphatic hydroxyl groups is 1. The lowest BCUT2D eigenvalue weighted by molar-refractivity contribution is -0.137. The van der Waals surface area contributed by atoms with Crippen LogP contribution in [0.3, 0.4) is 0 Å². The minimum Gasteiger partial charge on any atom is -0.481 e. The van der Waals surface area contributed by atoms with Gasteiger partial charge in [-0.05, 0) is 51.0 Å². The number of β-amino-alcohol motifs (C(OH)–C–C–N with tert-alkyl or cyclic N) is 1. The smallest absolute Gasteiger partial charge is 0.263 e. The number of benzene rings is 1.